The lowest BCUT2D eigenvalue weighted by molar-refractivity contribution is 0.341. The molecular formula is C18H20ClN3O. The average molecular weight is 330 g/mol. The van der Waals surface area contributed by atoms with Crippen molar-refractivity contribution in [2.75, 3.05) is 18.6 Å². The van der Waals surface area contributed by atoms with Crippen molar-refractivity contribution in [1.82, 2.24) is 9.97 Å². The van der Waals surface area contributed by atoms with Gasteiger partial charge in [-0.2, -0.15) is 0 Å². The lowest BCUT2D eigenvalue weighted by Gasteiger charge is -2.22. The molecular weight excluding hydrogens is 310 g/mol. The Balaban J connectivity index is 0.00000192. The second kappa shape index (κ2) is 7.29. The summed E-state index contributed by atoms with van der Waals surface area (Å²) in [4.78, 5) is 11.2. The van der Waals surface area contributed by atoms with Crippen LogP contribution >= 0.6 is 12.4 Å². The number of nitrogens with zero attached hydrogens (tertiary/aromatic N) is 3. The molecule has 0 atom stereocenters. The van der Waals surface area contributed by atoms with Crippen LogP contribution in [0.15, 0.2) is 48.5 Å². The van der Waals surface area contributed by atoms with E-state index >= 15 is 0 Å². The molecule has 0 amide bonds. The zero-order valence-corrected chi connectivity index (χ0v) is 14.3. The minimum absolute atomic E-state index is 0. The molecule has 0 spiro atoms. The number of benzene rings is 2. The first-order valence-corrected chi connectivity index (χ1v) is 7.39. The standard InChI is InChI=1S/C18H19N3O.ClH/c1-4-22-17-12-8-7-11-16(17)21(3)18-14-9-5-6-10-15(14)19-13(2)20-18;/h5-12H,4H2,1-3H3;1H. The molecule has 0 saturated heterocycles. The van der Waals surface area contributed by atoms with Crippen LogP contribution in [0, 0.1) is 6.92 Å². The normalized spacial score (nSPS) is 10.2. The Labute approximate surface area is 142 Å². The van der Waals surface area contributed by atoms with Gasteiger partial charge in [0.05, 0.1) is 17.8 Å². The third-order valence-electron chi connectivity index (χ3n) is 3.54. The van der Waals surface area contributed by atoms with Crippen LogP contribution in [0.25, 0.3) is 10.9 Å². The number of rotatable bonds is 4. The van der Waals surface area contributed by atoms with Crippen LogP contribution in [-0.2, 0) is 0 Å². The van der Waals surface area contributed by atoms with Crippen LogP contribution in [0.1, 0.15) is 12.7 Å². The van der Waals surface area contributed by atoms with Crippen molar-refractivity contribution in [1.29, 1.82) is 0 Å². The molecule has 0 N–H and O–H groups in total. The van der Waals surface area contributed by atoms with Crippen LogP contribution in [0.3, 0.4) is 0 Å². The molecule has 3 rings (SSSR count). The van der Waals surface area contributed by atoms with Gasteiger partial charge in [0.2, 0.25) is 0 Å². The summed E-state index contributed by atoms with van der Waals surface area (Å²) in [5, 5.41) is 1.03. The highest BCUT2D eigenvalue weighted by molar-refractivity contribution is 5.92. The summed E-state index contributed by atoms with van der Waals surface area (Å²) in [6, 6.07) is 16.1. The number of ether oxygens (including phenoxy) is 1. The van der Waals surface area contributed by atoms with Gasteiger partial charge in [-0.25, -0.2) is 9.97 Å². The highest BCUT2D eigenvalue weighted by Crippen LogP contribution is 2.34. The van der Waals surface area contributed by atoms with Crippen molar-refractivity contribution >= 4 is 34.8 Å². The zero-order valence-electron chi connectivity index (χ0n) is 13.5. The Bertz CT molecular complexity index is 807. The Morgan fingerprint density at radius 3 is 2.48 bits per heavy atom. The van der Waals surface area contributed by atoms with Crippen molar-refractivity contribution < 1.29 is 4.74 Å². The molecule has 0 aliphatic rings. The zero-order chi connectivity index (χ0) is 15.5. The van der Waals surface area contributed by atoms with E-state index in [1.165, 1.54) is 0 Å². The summed E-state index contributed by atoms with van der Waals surface area (Å²) in [7, 11) is 2.01. The number of anilines is 2. The quantitative estimate of drug-likeness (QED) is 0.705. The van der Waals surface area contributed by atoms with Gasteiger partial charge in [-0.15, -0.1) is 12.4 Å². The third-order valence-corrected chi connectivity index (χ3v) is 3.54. The van der Waals surface area contributed by atoms with Crippen LogP contribution < -0.4 is 9.64 Å². The van der Waals surface area contributed by atoms with Gasteiger partial charge in [0.1, 0.15) is 17.4 Å². The molecule has 0 unspecified atom stereocenters. The van der Waals surface area contributed by atoms with Crippen molar-refractivity contribution in [2.24, 2.45) is 0 Å². The van der Waals surface area contributed by atoms with Gasteiger partial charge in [0.15, 0.2) is 0 Å². The third kappa shape index (κ3) is 3.37. The van der Waals surface area contributed by atoms with Gasteiger partial charge in [0, 0.05) is 12.4 Å². The van der Waals surface area contributed by atoms with Crippen LogP contribution in [0.5, 0.6) is 5.75 Å². The molecule has 0 saturated carbocycles. The van der Waals surface area contributed by atoms with Gasteiger partial charge < -0.3 is 9.64 Å². The van der Waals surface area contributed by atoms with E-state index in [9.17, 15) is 0 Å². The Morgan fingerprint density at radius 2 is 1.70 bits per heavy atom. The molecule has 120 valence electrons. The van der Waals surface area contributed by atoms with E-state index in [1.807, 2.05) is 69.4 Å². The predicted molar refractivity (Wildman–Crippen MR) is 97.2 cm³/mol. The van der Waals surface area contributed by atoms with E-state index < -0.39 is 0 Å². The molecule has 0 aliphatic carbocycles. The fourth-order valence-electron chi connectivity index (χ4n) is 2.55. The van der Waals surface area contributed by atoms with Crippen molar-refractivity contribution in [3.05, 3.63) is 54.4 Å². The number of hydrogen-bond acceptors (Lipinski definition) is 4. The molecule has 0 bridgehead atoms. The topological polar surface area (TPSA) is 38.2 Å². The lowest BCUT2D eigenvalue weighted by atomic mass is 10.2. The smallest absolute Gasteiger partial charge is 0.144 e. The highest BCUT2D eigenvalue weighted by Gasteiger charge is 2.14. The van der Waals surface area contributed by atoms with Gasteiger partial charge >= 0.3 is 0 Å². The molecule has 3 aromatic rings. The first kappa shape index (κ1) is 17.0. The average Bonchev–Trinajstić information content (AvgIpc) is 2.54. The number of fused-ring (bicyclic) bond motifs is 1. The Hall–Kier alpha value is -2.33. The number of aryl methyl sites for hydroxylation is 1. The summed E-state index contributed by atoms with van der Waals surface area (Å²) in [5.74, 6) is 2.50. The molecule has 0 radical (unpaired) electrons. The molecule has 23 heavy (non-hydrogen) atoms. The van der Waals surface area contributed by atoms with E-state index in [2.05, 4.69) is 14.9 Å². The van der Waals surface area contributed by atoms with Crippen LogP contribution in [-0.4, -0.2) is 23.6 Å². The van der Waals surface area contributed by atoms with Crippen molar-refractivity contribution in [3.8, 4) is 5.75 Å². The minimum atomic E-state index is 0. The van der Waals surface area contributed by atoms with Gasteiger partial charge in [-0.05, 0) is 38.1 Å². The molecule has 2 aromatic carbocycles. The summed E-state index contributed by atoms with van der Waals surface area (Å²) in [5.41, 5.74) is 1.94. The highest BCUT2D eigenvalue weighted by atomic mass is 35.5. The predicted octanol–water partition coefficient (Wildman–Crippen LogP) is 4.53. The number of hydrogen-bond donors (Lipinski definition) is 0. The van der Waals surface area contributed by atoms with Gasteiger partial charge in [0.25, 0.3) is 0 Å². The summed E-state index contributed by atoms with van der Waals surface area (Å²) >= 11 is 0. The fraction of sp³-hybridized carbons (Fsp3) is 0.222. The van der Waals surface area contributed by atoms with E-state index in [1.54, 1.807) is 0 Å². The first-order valence-electron chi connectivity index (χ1n) is 7.39. The molecule has 1 heterocycles. The summed E-state index contributed by atoms with van der Waals surface area (Å²) < 4.78 is 5.74. The SMILES string of the molecule is CCOc1ccccc1N(C)c1nc(C)nc2ccccc12.Cl. The first-order chi connectivity index (χ1) is 10.7. The molecule has 5 heteroatoms. The molecule has 0 fully saturated rings. The maximum atomic E-state index is 5.74. The second-order valence-corrected chi connectivity index (χ2v) is 5.07. The minimum Gasteiger partial charge on any atom is -0.492 e. The second-order valence-electron chi connectivity index (χ2n) is 5.07. The van der Waals surface area contributed by atoms with Crippen LogP contribution in [0.2, 0.25) is 0 Å². The van der Waals surface area contributed by atoms with E-state index in [0.29, 0.717) is 6.61 Å². The maximum Gasteiger partial charge on any atom is 0.144 e. The largest absolute Gasteiger partial charge is 0.492 e. The van der Waals surface area contributed by atoms with Crippen LogP contribution in [0.4, 0.5) is 11.5 Å². The maximum absolute atomic E-state index is 5.74. The van der Waals surface area contributed by atoms with E-state index in [4.69, 9.17) is 4.74 Å². The monoisotopic (exact) mass is 329 g/mol. The van der Waals surface area contributed by atoms with E-state index in [0.717, 1.165) is 34.0 Å². The fourth-order valence-corrected chi connectivity index (χ4v) is 2.55. The molecule has 4 nitrogen and oxygen atoms in total. The Morgan fingerprint density at radius 1 is 1.00 bits per heavy atom. The van der Waals surface area contributed by atoms with Gasteiger partial charge in [-0.1, -0.05) is 24.3 Å². The Kier molecular flexibility index (Phi) is 5.40. The molecule has 1 aromatic heterocycles. The van der Waals surface area contributed by atoms with E-state index in [-0.39, 0.29) is 12.4 Å². The number of halogens is 1. The van der Waals surface area contributed by atoms with Crippen molar-refractivity contribution in [3.63, 3.8) is 0 Å². The van der Waals surface area contributed by atoms with Crippen molar-refractivity contribution in [2.45, 2.75) is 13.8 Å². The lowest BCUT2D eigenvalue weighted by Crippen LogP contribution is -2.14. The number of aromatic nitrogens is 2. The summed E-state index contributed by atoms with van der Waals surface area (Å²) in [6.07, 6.45) is 0. The summed E-state index contributed by atoms with van der Waals surface area (Å²) in [6.45, 7) is 4.54. The van der Waals surface area contributed by atoms with Gasteiger partial charge in [-0.3, -0.25) is 0 Å². The number of para-hydroxylation sites is 3. The molecule has 0 aliphatic heterocycles.